The Labute approximate surface area is 105 Å². The van der Waals surface area contributed by atoms with Crippen molar-refractivity contribution < 1.29 is 14.7 Å². The molecule has 6 heteroatoms. The van der Waals surface area contributed by atoms with Crippen molar-refractivity contribution in [2.45, 2.75) is 6.42 Å². The van der Waals surface area contributed by atoms with Crippen LogP contribution in [-0.4, -0.2) is 46.5 Å². The molecule has 1 aliphatic heterocycles. The molecule has 0 unspecified atom stereocenters. The minimum atomic E-state index is -0.897. The van der Waals surface area contributed by atoms with Gasteiger partial charge in [0.25, 0.3) is 0 Å². The van der Waals surface area contributed by atoms with Crippen LogP contribution in [0.3, 0.4) is 0 Å². The average molecular weight is 249 g/mol. The van der Waals surface area contributed by atoms with Gasteiger partial charge < -0.3 is 15.3 Å². The van der Waals surface area contributed by atoms with Gasteiger partial charge in [-0.1, -0.05) is 0 Å². The number of nitrogens with zero attached hydrogens (tertiary/aromatic N) is 2. The first-order chi connectivity index (χ1) is 8.66. The first kappa shape index (κ1) is 12.3. The van der Waals surface area contributed by atoms with Gasteiger partial charge in [0.2, 0.25) is 5.91 Å². The molecule has 1 amide bonds. The second kappa shape index (κ2) is 5.48. The summed E-state index contributed by atoms with van der Waals surface area (Å²) in [5.41, 5.74) is 0.888. The number of carboxylic acids is 1. The molecule has 2 N–H and O–H groups in total. The Morgan fingerprint density at radius 3 is 3.06 bits per heavy atom. The molecule has 1 atom stereocenters. The van der Waals surface area contributed by atoms with Crippen LogP contribution in [0, 0.1) is 5.92 Å². The van der Waals surface area contributed by atoms with Gasteiger partial charge in [-0.2, -0.15) is 0 Å². The zero-order valence-electron chi connectivity index (χ0n) is 9.87. The van der Waals surface area contributed by atoms with Crippen LogP contribution in [0.1, 0.15) is 6.42 Å². The number of aromatic nitrogens is 1. The van der Waals surface area contributed by atoms with Crippen LogP contribution >= 0.6 is 0 Å². The molecule has 0 aliphatic carbocycles. The molecule has 2 heterocycles. The molecule has 0 saturated carbocycles. The number of amides is 1. The summed E-state index contributed by atoms with van der Waals surface area (Å²) in [6.45, 7) is 1.41. The fourth-order valence-corrected chi connectivity index (χ4v) is 1.96. The summed E-state index contributed by atoms with van der Waals surface area (Å²) < 4.78 is 0. The van der Waals surface area contributed by atoms with Gasteiger partial charge >= 0.3 is 5.97 Å². The number of hydrogen-bond donors (Lipinski definition) is 2. The van der Waals surface area contributed by atoms with Crippen molar-refractivity contribution in [3.63, 3.8) is 0 Å². The minimum absolute atomic E-state index is 0.0876. The molecule has 6 nitrogen and oxygen atoms in total. The topological polar surface area (TPSA) is 82.5 Å². The van der Waals surface area contributed by atoms with E-state index in [1.54, 1.807) is 17.3 Å². The zero-order valence-corrected chi connectivity index (χ0v) is 9.87. The lowest BCUT2D eigenvalue weighted by atomic mass is 10.1. The normalized spacial score (nSPS) is 19.0. The number of aliphatic carboxylic acids is 1. The smallest absolute Gasteiger partial charge is 0.308 e. The van der Waals surface area contributed by atoms with Crippen molar-refractivity contribution in [3.05, 3.63) is 24.5 Å². The first-order valence-corrected chi connectivity index (χ1v) is 5.81. The van der Waals surface area contributed by atoms with E-state index in [0.717, 1.165) is 5.69 Å². The molecule has 1 aliphatic rings. The van der Waals surface area contributed by atoms with Crippen molar-refractivity contribution in [1.82, 2.24) is 9.88 Å². The van der Waals surface area contributed by atoms with Crippen molar-refractivity contribution in [2.24, 2.45) is 5.92 Å². The largest absolute Gasteiger partial charge is 0.481 e. The molecule has 1 fully saturated rings. The predicted molar refractivity (Wildman–Crippen MR) is 65.0 cm³/mol. The maximum Gasteiger partial charge on any atom is 0.308 e. The average Bonchev–Trinajstić information content (AvgIpc) is 2.73. The fraction of sp³-hybridized carbons (Fsp3) is 0.417. The van der Waals surface area contributed by atoms with Gasteiger partial charge in [0.05, 0.1) is 11.6 Å². The van der Waals surface area contributed by atoms with E-state index in [0.29, 0.717) is 19.6 Å². The molecule has 96 valence electrons. The highest BCUT2D eigenvalue weighted by Gasteiger charge is 2.33. The SMILES string of the molecule is O=C(O)[C@H]1CC(=O)N(CCNc2cccnc2)C1. The van der Waals surface area contributed by atoms with E-state index < -0.39 is 11.9 Å². The Kier molecular flexibility index (Phi) is 3.76. The molecular formula is C12H15N3O3. The number of carbonyl (C=O) groups excluding carboxylic acids is 1. The number of carboxylic acid groups (broad SMARTS) is 1. The lowest BCUT2D eigenvalue weighted by molar-refractivity contribution is -0.141. The van der Waals surface area contributed by atoms with E-state index in [-0.39, 0.29) is 12.3 Å². The predicted octanol–water partition coefficient (Wildman–Crippen LogP) is 0.427. The Morgan fingerprint density at radius 2 is 2.44 bits per heavy atom. The second-order valence-electron chi connectivity index (χ2n) is 4.25. The highest BCUT2D eigenvalue weighted by atomic mass is 16.4. The molecule has 0 radical (unpaired) electrons. The van der Waals surface area contributed by atoms with Gasteiger partial charge in [-0.05, 0) is 12.1 Å². The quantitative estimate of drug-likeness (QED) is 0.790. The van der Waals surface area contributed by atoms with E-state index in [1.165, 1.54) is 0 Å². The van der Waals surface area contributed by atoms with Gasteiger partial charge in [-0.3, -0.25) is 14.6 Å². The lowest BCUT2D eigenvalue weighted by Gasteiger charge is -2.16. The zero-order chi connectivity index (χ0) is 13.0. The van der Waals surface area contributed by atoms with Crippen molar-refractivity contribution >= 4 is 17.6 Å². The number of pyridine rings is 1. The number of rotatable bonds is 5. The molecular weight excluding hydrogens is 234 g/mol. The van der Waals surface area contributed by atoms with E-state index in [9.17, 15) is 9.59 Å². The highest BCUT2D eigenvalue weighted by Crippen LogP contribution is 2.17. The van der Waals surface area contributed by atoms with E-state index in [4.69, 9.17) is 5.11 Å². The van der Waals surface area contributed by atoms with Crippen molar-refractivity contribution in [2.75, 3.05) is 25.0 Å². The minimum Gasteiger partial charge on any atom is -0.481 e. The molecule has 2 rings (SSSR count). The van der Waals surface area contributed by atoms with Crippen LogP contribution in [0.4, 0.5) is 5.69 Å². The molecule has 18 heavy (non-hydrogen) atoms. The number of hydrogen-bond acceptors (Lipinski definition) is 4. The van der Waals surface area contributed by atoms with Crippen LogP contribution in [0.25, 0.3) is 0 Å². The monoisotopic (exact) mass is 249 g/mol. The maximum absolute atomic E-state index is 11.6. The molecule has 1 aromatic rings. The standard InChI is InChI=1S/C12H15N3O3/c16-11-6-9(12(17)18)8-15(11)5-4-14-10-2-1-3-13-7-10/h1-3,7,9,14H,4-6,8H2,(H,17,18)/t9-/m0/s1. The van der Waals surface area contributed by atoms with Crippen LogP contribution in [0.5, 0.6) is 0 Å². The van der Waals surface area contributed by atoms with Gasteiger partial charge in [0.15, 0.2) is 0 Å². The summed E-state index contributed by atoms with van der Waals surface area (Å²) in [6, 6.07) is 3.71. The van der Waals surface area contributed by atoms with E-state index in [2.05, 4.69) is 10.3 Å². The summed E-state index contributed by atoms with van der Waals surface area (Å²) in [5.74, 6) is -1.54. The number of likely N-dealkylation sites (tertiary alicyclic amines) is 1. The van der Waals surface area contributed by atoms with Gasteiger partial charge in [-0.25, -0.2) is 0 Å². The van der Waals surface area contributed by atoms with Crippen LogP contribution in [0.15, 0.2) is 24.5 Å². The molecule has 1 aromatic heterocycles. The summed E-state index contributed by atoms with van der Waals surface area (Å²) in [4.78, 5) is 27.9. The molecule has 0 bridgehead atoms. The van der Waals surface area contributed by atoms with Crippen molar-refractivity contribution in [1.29, 1.82) is 0 Å². The Morgan fingerprint density at radius 1 is 1.61 bits per heavy atom. The van der Waals surface area contributed by atoms with Crippen LogP contribution in [-0.2, 0) is 9.59 Å². The Hall–Kier alpha value is -2.11. The summed E-state index contributed by atoms with van der Waals surface area (Å²) >= 11 is 0. The highest BCUT2D eigenvalue weighted by molar-refractivity contribution is 5.86. The summed E-state index contributed by atoms with van der Waals surface area (Å²) in [7, 11) is 0. The third kappa shape index (κ3) is 2.97. The van der Waals surface area contributed by atoms with Gasteiger partial charge in [-0.15, -0.1) is 0 Å². The van der Waals surface area contributed by atoms with Gasteiger partial charge in [0, 0.05) is 38.4 Å². The third-order valence-corrected chi connectivity index (χ3v) is 2.94. The third-order valence-electron chi connectivity index (χ3n) is 2.94. The molecule has 0 spiro atoms. The Bertz CT molecular complexity index is 435. The van der Waals surface area contributed by atoms with Crippen molar-refractivity contribution in [3.8, 4) is 0 Å². The number of anilines is 1. The Balaban J connectivity index is 1.78. The maximum atomic E-state index is 11.6. The summed E-state index contributed by atoms with van der Waals surface area (Å²) in [5, 5.41) is 12.0. The molecule has 0 aromatic carbocycles. The fourth-order valence-electron chi connectivity index (χ4n) is 1.96. The second-order valence-corrected chi connectivity index (χ2v) is 4.25. The number of carbonyl (C=O) groups is 2. The van der Waals surface area contributed by atoms with E-state index >= 15 is 0 Å². The van der Waals surface area contributed by atoms with E-state index in [1.807, 2.05) is 12.1 Å². The summed E-state index contributed by atoms with van der Waals surface area (Å²) in [6.07, 6.45) is 3.50. The van der Waals surface area contributed by atoms with Gasteiger partial charge in [0.1, 0.15) is 0 Å². The molecule has 1 saturated heterocycles. The van der Waals surface area contributed by atoms with Crippen LogP contribution in [0.2, 0.25) is 0 Å². The first-order valence-electron chi connectivity index (χ1n) is 5.81. The number of nitrogens with one attached hydrogen (secondary N) is 1. The van der Waals surface area contributed by atoms with Crippen LogP contribution < -0.4 is 5.32 Å². The lowest BCUT2D eigenvalue weighted by Crippen LogP contribution is -2.31.